The summed E-state index contributed by atoms with van der Waals surface area (Å²) in [5, 5.41) is 1.68. The Kier molecular flexibility index (Phi) is 2.65. The Balaban J connectivity index is 1.79. The van der Waals surface area contributed by atoms with Crippen molar-refractivity contribution in [2.24, 2.45) is 0 Å². The monoisotopic (exact) mass is 346 g/mol. The van der Waals surface area contributed by atoms with Gasteiger partial charge in [-0.05, 0) is 24.3 Å². The van der Waals surface area contributed by atoms with Crippen molar-refractivity contribution in [3.05, 3.63) is 36.7 Å². The summed E-state index contributed by atoms with van der Waals surface area (Å²) in [4.78, 5) is 12.9. The van der Waals surface area contributed by atoms with Crippen LogP contribution in [0.15, 0.2) is 36.7 Å². The third kappa shape index (κ3) is 1.78. The molecule has 0 aliphatic carbocycles. The summed E-state index contributed by atoms with van der Waals surface area (Å²) >= 11 is 0. The summed E-state index contributed by atoms with van der Waals surface area (Å²) in [6.45, 7) is 0. The number of nitrogens with one attached hydrogen (secondary N) is 4. The molecule has 0 unspecified atom stereocenters. The van der Waals surface area contributed by atoms with Crippen LogP contribution in [0.25, 0.3) is 44.6 Å². The molecule has 5 rings (SSSR count). The molecule has 26 heavy (non-hydrogen) atoms. The molecular formula is C18H18N8. The van der Waals surface area contributed by atoms with Crippen LogP contribution < -0.4 is 22.9 Å². The van der Waals surface area contributed by atoms with Crippen LogP contribution in [0.2, 0.25) is 0 Å². The number of H-pyrrole nitrogens is 4. The molecule has 0 atom stereocenters. The van der Waals surface area contributed by atoms with Gasteiger partial charge in [-0.3, -0.25) is 0 Å². The fourth-order valence-electron chi connectivity index (χ4n) is 3.53. The van der Waals surface area contributed by atoms with Crippen LogP contribution in [-0.2, 0) is 0 Å². The number of anilines is 4. The number of hydrogen-bond acceptors (Lipinski definition) is 4. The quantitative estimate of drug-likeness (QED) is 0.182. The van der Waals surface area contributed by atoms with Crippen LogP contribution in [0.4, 0.5) is 22.7 Å². The first kappa shape index (κ1) is 14.4. The molecule has 0 bridgehead atoms. The normalized spacial score (nSPS) is 11.7. The van der Waals surface area contributed by atoms with E-state index in [1.165, 1.54) is 0 Å². The number of aromatic nitrogens is 4. The minimum Gasteiger partial charge on any atom is -0.397 e. The summed E-state index contributed by atoms with van der Waals surface area (Å²) < 4.78 is 0. The van der Waals surface area contributed by atoms with Gasteiger partial charge in [-0.25, -0.2) is 0 Å². The highest BCUT2D eigenvalue weighted by atomic mass is 14.9. The van der Waals surface area contributed by atoms with Gasteiger partial charge in [-0.1, -0.05) is 0 Å². The Morgan fingerprint density at radius 2 is 1.04 bits per heavy atom. The third-order valence-corrected chi connectivity index (χ3v) is 4.85. The van der Waals surface area contributed by atoms with Crippen LogP contribution >= 0.6 is 0 Å². The highest BCUT2D eigenvalue weighted by molar-refractivity contribution is 6.18. The van der Waals surface area contributed by atoms with Gasteiger partial charge in [0.05, 0.1) is 56.6 Å². The van der Waals surface area contributed by atoms with E-state index in [0.717, 1.165) is 44.6 Å². The predicted octanol–water partition coefficient (Wildman–Crippen LogP) is 2.97. The van der Waals surface area contributed by atoms with Gasteiger partial charge in [0, 0.05) is 23.2 Å². The van der Waals surface area contributed by atoms with E-state index < -0.39 is 0 Å². The first-order valence-corrected chi connectivity index (χ1v) is 8.13. The number of nitrogens with two attached hydrogens (primary N) is 4. The molecule has 0 saturated heterocycles. The lowest BCUT2D eigenvalue weighted by atomic mass is 10.1. The van der Waals surface area contributed by atoms with Crippen LogP contribution in [-0.4, -0.2) is 19.9 Å². The SMILES string of the molecule is Nc1cc[nH]c1-c1cc2c(N)c3[nH]c(-c4[nH]ccc4N)cc3c(N)c2[nH]1. The minimum absolute atomic E-state index is 0.619. The topological polar surface area (TPSA) is 167 Å². The zero-order valence-electron chi connectivity index (χ0n) is 13.8. The van der Waals surface area contributed by atoms with E-state index in [9.17, 15) is 0 Å². The highest BCUT2D eigenvalue weighted by Gasteiger charge is 2.18. The van der Waals surface area contributed by atoms with Gasteiger partial charge in [0.1, 0.15) is 0 Å². The Labute approximate surface area is 147 Å². The molecule has 8 heteroatoms. The Morgan fingerprint density at radius 3 is 1.38 bits per heavy atom. The van der Waals surface area contributed by atoms with Crippen molar-refractivity contribution in [2.75, 3.05) is 22.9 Å². The first-order chi connectivity index (χ1) is 12.5. The van der Waals surface area contributed by atoms with E-state index in [2.05, 4.69) is 19.9 Å². The molecule has 0 aliphatic heterocycles. The molecule has 5 aromatic rings. The van der Waals surface area contributed by atoms with E-state index in [0.29, 0.717) is 22.7 Å². The average Bonchev–Trinajstić information content (AvgIpc) is 3.37. The molecular weight excluding hydrogens is 328 g/mol. The average molecular weight is 346 g/mol. The van der Waals surface area contributed by atoms with Crippen molar-refractivity contribution in [2.45, 2.75) is 0 Å². The lowest BCUT2D eigenvalue weighted by Gasteiger charge is -2.03. The maximum atomic E-state index is 6.44. The van der Waals surface area contributed by atoms with Gasteiger partial charge in [-0.15, -0.1) is 0 Å². The Morgan fingerprint density at radius 1 is 0.615 bits per heavy atom. The molecule has 4 aromatic heterocycles. The van der Waals surface area contributed by atoms with Crippen LogP contribution in [0, 0.1) is 0 Å². The third-order valence-electron chi connectivity index (χ3n) is 4.85. The van der Waals surface area contributed by atoms with Crippen molar-refractivity contribution in [3.63, 3.8) is 0 Å². The second-order valence-electron chi connectivity index (χ2n) is 6.39. The smallest absolute Gasteiger partial charge is 0.0853 e. The first-order valence-electron chi connectivity index (χ1n) is 8.13. The van der Waals surface area contributed by atoms with Gasteiger partial charge in [-0.2, -0.15) is 0 Å². The van der Waals surface area contributed by atoms with E-state index in [4.69, 9.17) is 22.9 Å². The zero-order chi connectivity index (χ0) is 18.0. The molecule has 130 valence electrons. The second kappa shape index (κ2) is 4.79. The predicted molar refractivity (Wildman–Crippen MR) is 107 cm³/mol. The number of nitrogen functional groups attached to an aromatic ring is 4. The molecule has 0 fully saturated rings. The molecule has 0 spiro atoms. The van der Waals surface area contributed by atoms with Crippen molar-refractivity contribution in [1.29, 1.82) is 0 Å². The fraction of sp³-hybridized carbons (Fsp3) is 0. The Hall–Kier alpha value is -3.94. The van der Waals surface area contributed by atoms with E-state index in [1.54, 1.807) is 12.4 Å². The van der Waals surface area contributed by atoms with E-state index >= 15 is 0 Å². The molecule has 8 nitrogen and oxygen atoms in total. The summed E-state index contributed by atoms with van der Waals surface area (Å²) in [6.07, 6.45) is 3.58. The molecule has 0 saturated carbocycles. The van der Waals surface area contributed by atoms with Crippen molar-refractivity contribution in [3.8, 4) is 22.8 Å². The van der Waals surface area contributed by atoms with Gasteiger partial charge in [0.25, 0.3) is 0 Å². The van der Waals surface area contributed by atoms with Gasteiger partial charge in [0.2, 0.25) is 0 Å². The van der Waals surface area contributed by atoms with Crippen molar-refractivity contribution < 1.29 is 0 Å². The van der Waals surface area contributed by atoms with Gasteiger partial charge < -0.3 is 42.9 Å². The lowest BCUT2D eigenvalue weighted by molar-refractivity contribution is 1.35. The molecule has 0 aliphatic rings. The maximum absolute atomic E-state index is 6.44. The van der Waals surface area contributed by atoms with Gasteiger partial charge >= 0.3 is 0 Å². The fourth-order valence-corrected chi connectivity index (χ4v) is 3.53. The van der Waals surface area contributed by atoms with Gasteiger partial charge in [0.15, 0.2) is 0 Å². The number of benzene rings is 1. The summed E-state index contributed by atoms with van der Waals surface area (Å²) in [5.74, 6) is 0. The molecule has 1 aromatic carbocycles. The lowest BCUT2D eigenvalue weighted by Crippen LogP contribution is -1.93. The summed E-state index contributed by atoms with van der Waals surface area (Å²) in [5.41, 5.74) is 32.3. The molecule has 0 radical (unpaired) electrons. The number of aromatic amines is 4. The van der Waals surface area contributed by atoms with Crippen molar-refractivity contribution >= 4 is 44.6 Å². The van der Waals surface area contributed by atoms with Crippen LogP contribution in [0.1, 0.15) is 0 Å². The zero-order valence-corrected chi connectivity index (χ0v) is 13.8. The summed E-state index contributed by atoms with van der Waals surface area (Å²) in [7, 11) is 0. The molecule has 0 amide bonds. The standard InChI is InChI=1S/C18H18N8/c19-9-1-3-23-17(9)11-5-7-13(21)16-8(14(22)15(7)25-11)6-12(26-16)18-10(20)2-4-24-18/h1-6,23-26H,19-22H2. The molecule has 4 heterocycles. The maximum Gasteiger partial charge on any atom is 0.0853 e. The largest absolute Gasteiger partial charge is 0.397 e. The second-order valence-corrected chi connectivity index (χ2v) is 6.39. The van der Waals surface area contributed by atoms with E-state index in [1.807, 2.05) is 24.3 Å². The minimum atomic E-state index is 0.619. The number of fused-ring (bicyclic) bond motifs is 2. The van der Waals surface area contributed by atoms with E-state index in [-0.39, 0.29) is 0 Å². The highest BCUT2D eigenvalue weighted by Crippen LogP contribution is 2.41. The molecule has 12 N–H and O–H groups in total. The van der Waals surface area contributed by atoms with Crippen LogP contribution in [0.5, 0.6) is 0 Å². The number of rotatable bonds is 2. The Bertz CT molecular complexity index is 1130. The van der Waals surface area contributed by atoms with Crippen LogP contribution in [0.3, 0.4) is 0 Å². The van der Waals surface area contributed by atoms with Crippen molar-refractivity contribution in [1.82, 2.24) is 19.9 Å². The number of hydrogen-bond donors (Lipinski definition) is 8. The summed E-state index contributed by atoms with van der Waals surface area (Å²) in [6, 6.07) is 7.52.